The van der Waals surface area contributed by atoms with Crippen molar-refractivity contribution in [1.29, 1.82) is 0 Å². The molecule has 4 heteroatoms. The third-order valence-corrected chi connectivity index (χ3v) is 2.64. The van der Waals surface area contributed by atoms with E-state index in [-0.39, 0.29) is 5.78 Å². The first-order chi connectivity index (χ1) is 7.82. The van der Waals surface area contributed by atoms with Crippen molar-refractivity contribution in [2.45, 2.75) is 26.1 Å². The van der Waals surface area contributed by atoms with Gasteiger partial charge in [0.1, 0.15) is 0 Å². The highest BCUT2D eigenvalue weighted by atomic mass is 35.5. The van der Waals surface area contributed by atoms with Crippen LogP contribution in [-0.4, -0.2) is 17.1 Å². The summed E-state index contributed by atoms with van der Waals surface area (Å²) >= 11 is 5.85. The fraction of sp³-hybridized carbons (Fsp3) is 0.385. The highest BCUT2D eigenvalue weighted by molar-refractivity contribution is 6.43. The van der Waals surface area contributed by atoms with Crippen LogP contribution in [0.3, 0.4) is 0 Å². The van der Waals surface area contributed by atoms with Gasteiger partial charge in [-0.1, -0.05) is 39.0 Å². The molecule has 1 atom stereocenters. The van der Waals surface area contributed by atoms with Gasteiger partial charge in [0.15, 0.2) is 11.2 Å². The van der Waals surface area contributed by atoms with Crippen molar-refractivity contribution in [1.82, 2.24) is 0 Å². The molecule has 17 heavy (non-hydrogen) atoms. The SMILES string of the molecule is CC(C)(C)C(=O)[C@H](Cl)C(=O)Nc1ccccc1. The highest BCUT2D eigenvalue weighted by Crippen LogP contribution is 2.20. The van der Waals surface area contributed by atoms with Gasteiger partial charge >= 0.3 is 0 Å². The molecule has 0 aromatic heterocycles. The van der Waals surface area contributed by atoms with E-state index in [0.717, 1.165) is 0 Å². The fourth-order valence-corrected chi connectivity index (χ4v) is 1.61. The molecule has 0 fully saturated rings. The van der Waals surface area contributed by atoms with Crippen LogP contribution in [0.25, 0.3) is 0 Å². The normalized spacial score (nSPS) is 12.9. The van der Waals surface area contributed by atoms with Crippen molar-refractivity contribution in [3.05, 3.63) is 30.3 Å². The summed E-state index contributed by atoms with van der Waals surface area (Å²) < 4.78 is 0. The number of carbonyl (C=O) groups excluding carboxylic acids is 2. The minimum atomic E-state index is -1.16. The number of para-hydroxylation sites is 1. The standard InChI is InChI=1S/C13H16ClNO2/c1-13(2,3)11(16)10(14)12(17)15-9-7-5-4-6-8-9/h4-8,10H,1-3H3,(H,15,17)/t10-/m0/s1. The Morgan fingerprint density at radius 2 is 1.71 bits per heavy atom. The van der Waals surface area contributed by atoms with Gasteiger partial charge in [-0.2, -0.15) is 0 Å². The fourth-order valence-electron chi connectivity index (χ4n) is 1.23. The maximum atomic E-state index is 11.8. The summed E-state index contributed by atoms with van der Waals surface area (Å²) in [5.74, 6) is -0.773. The van der Waals surface area contributed by atoms with E-state index < -0.39 is 16.7 Å². The Kier molecular flexibility index (Phi) is 4.29. The molecule has 1 aromatic rings. The second-order valence-corrected chi connectivity index (χ2v) is 5.27. The van der Waals surface area contributed by atoms with E-state index in [9.17, 15) is 9.59 Å². The number of Topliss-reactive ketones (excluding diaryl/α,β-unsaturated/α-hetero) is 1. The van der Waals surface area contributed by atoms with Crippen LogP contribution in [0.4, 0.5) is 5.69 Å². The molecule has 0 bridgehead atoms. The van der Waals surface area contributed by atoms with Gasteiger partial charge in [0.05, 0.1) is 0 Å². The lowest BCUT2D eigenvalue weighted by Crippen LogP contribution is -2.37. The van der Waals surface area contributed by atoms with Crippen molar-refractivity contribution >= 4 is 29.0 Å². The van der Waals surface area contributed by atoms with Crippen molar-refractivity contribution in [3.8, 4) is 0 Å². The number of hydrogen-bond acceptors (Lipinski definition) is 2. The number of amides is 1. The van der Waals surface area contributed by atoms with Crippen LogP contribution in [0.5, 0.6) is 0 Å². The van der Waals surface area contributed by atoms with Gasteiger partial charge in [-0.15, -0.1) is 11.6 Å². The third kappa shape index (κ3) is 3.86. The molecule has 0 heterocycles. The quantitative estimate of drug-likeness (QED) is 0.665. The minimum absolute atomic E-state index is 0.285. The predicted molar refractivity (Wildman–Crippen MR) is 69.2 cm³/mol. The number of ketones is 1. The Bertz CT molecular complexity index is 409. The summed E-state index contributed by atoms with van der Waals surface area (Å²) in [6.07, 6.45) is 0. The van der Waals surface area contributed by atoms with E-state index in [1.165, 1.54) is 0 Å². The Labute approximate surface area is 106 Å². The second-order valence-electron chi connectivity index (χ2n) is 4.83. The molecule has 0 unspecified atom stereocenters. The van der Waals surface area contributed by atoms with Gasteiger partial charge < -0.3 is 5.32 Å². The van der Waals surface area contributed by atoms with Crippen LogP contribution >= 0.6 is 11.6 Å². The van der Waals surface area contributed by atoms with Gasteiger partial charge in [-0.05, 0) is 12.1 Å². The number of anilines is 1. The Hall–Kier alpha value is -1.35. The first kappa shape index (κ1) is 13.7. The van der Waals surface area contributed by atoms with E-state index in [0.29, 0.717) is 5.69 Å². The lowest BCUT2D eigenvalue weighted by molar-refractivity contribution is -0.130. The van der Waals surface area contributed by atoms with Crippen LogP contribution in [0, 0.1) is 5.41 Å². The van der Waals surface area contributed by atoms with E-state index in [1.807, 2.05) is 6.07 Å². The zero-order valence-corrected chi connectivity index (χ0v) is 10.9. The molecule has 0 saturated carbocycles. The van der Waals surface area contributed by atoms with Crippen LogP contribution < -0.4 is 5.32 Å². The maximum absolute atomic E-state index is 11.8. The minimum Gasteiger partial charge on any atom is -0.324 e. The highest BCUT2D eigenvalue weighted by Gasteiger charge is 2.32. The van der Waals surface area contributed by atoms with Crippen molar-refractivity contribution < 1.29 is 9.59 Å². The Balaban J connectivity index is 2.69. The van der Waals surface area contributed by atoms with Gasteiger partial charge in [-0.3, -0.25) is 9.59 Å². The summed E-state index contributed by atoms with van der Waals surface area (Å²) in [4.78, 5) is 23.5. The summed E-state index contributed by atoms with van der Waals surface area (Å²) in [5.41, 5.74) is 0.00494. The first-order valence-corrected chi connectivity index (χ1v) is 5.80. The summed E-state index contributed by atoms with van der Waals surface area (Å²) in [5, 5.41) is 1.45. The molecule has 0 aliphatic rings. The van der Waals surface area contributed by atoms with Gasteiger partial charge in [-0.25, -0.2) is 0 Å². The van der Waals surface area contributed by atoms with Crippen LogP contribution in [0.2, 0.25) is 0 Å². The van der Waals surface area contributed by atoms with Crippen molar-refractivity contribution in [2.75, 3.05) is 5.32 Å². The summed E-state index contributed by atoms with van der Waals surface area (Å²) in [6, 6.07) is 8.91. The van der Waals surface area contributed by atoms with Crippen molar-refractivity contribution in [3.63, 3.8) is 0 Å². The molecular formula is C13H16ClNO2. The molecule has 1 aromatic carbocycles. The number of rotatable bonds is 3. The molecule has 1 N–H and O–H groups in total. The zero-order chi connectivity index (χ0) is 13.1. The molecule has 0 aliphatic heterocycles. The first-order valence-electron chi connectivity index (χ1n) is 5.36. The molecule has 0 spiro atoms. The predicted octanol–water partition coefficient (Wildman–Crippen LogP) is 2.85. The summed E-state index contributed by atoms with van der Waals surface area (Å²) in [6.45, 7) is 5.21. The lowest BCUT2D eigenvalue weighted by atomic mass is 9.88. The molecule has 0 aliphatic carbocycles. The monoisotopic (exact) mass is 253 g/mol. The second kappa shape index (κ2) is 5.32. The number of benzene rings is 1. The smallest absolute Gasteiger partial charge is 0.250 e. The van der Waals surface area contributed by atoms with Gasteiger partial charge in [0.25, 0.3) is 0 Å². The largest absolute Gasteiger partial charge is 0.324 e. The average Bonchev–Trinajstić information content (AvgIpc) is 2.27. The van der Waals surface area contributed by atoms with Crippen LogP contribution in [-0.2, 0) is 9.59 Å². The molecule has 1 rings (SSSR count). The molecule has 0 radical (unpaired) electrons. The van der Waals surface area contributed by atoms with E-state index >= 15 is 0 Å². The number of alkyl halides is 1. The summed E-state index contributed by atoms with van der Waals surface area (Å²) in [7, 11) is 0. The van der Waals surface area contributed by atoms with Crippen molar-refractivity contribution in [2.24, 2.45) is 5.41 Å². The zero-order valence-electron chi connectivity index (χ0n) is 10.2. The number of carbonyl (C=O) groups is 2. The van der Waals surface area contributed by atoms with Gasteiger partial charge in [0, 0.05) is 11.1 Å². The average molecular weight is 254 g/mol. The van der Waals surface area contributed by atoms with E-state index in [2.05, 4.69) is 5.32 Å². The maximum Gasteiger partial charge on any atom is 0.250 e. The molecule has 92 valence electrons. The van der Waals surface area contributed by atoms with Crippen LogP contribution in [0.1, 0.15) is 20.8 Å². The van der Waals surface area contributed by atoms with E-state index in [4.69, 9.17) is 11.6 Å². The van der Waals surface area contributed by atoms with E-state index in [1.54, 1.807) is 45.0 Å². The number of halogens is 1. The molecule has 0 saturated heterocycles. The lowest BCUT2D eigenvalue weighted by Gasteiger charge is -2.19. The third-order valence-electron chi connectivity index (χ3n) is 2.24. The Morgan fingerprint density at radius 3 is 2.18 bits per heavy atom. The topological polar surface area (TPSA) is 46.2 Å². The number of hydrogen-bond donors (Lipinski definition) is 1. The molecule has 1 amide bonds. The van der Waals surface area contributed by atoms with Crippen LogP contribution in [0.15, 0.2) is 30.3 Å². The Morgan fingerprint density at radius 1 is 1.18 bits per heavy atom. The molecular weight excluding hydrogens is 238 g/mol. The number of nitrogens with one attached hydrogen (secondary N) is 1. The van der Waals surface area contributed by atoms with Gasteiger partial charge in [0.2, 0.25) is 5.91 Å². The molecule has 3 nitrogen and oxygen atoms in total.